The average Bonchev–Trinajstić information content (AvgIpc) is 3.24. The van der Waals surface area contributed by atoms with E-state index in [4.69, 9.17) is 4.74 Å². The molecule has 1 aliphatic heterocycles. The van der Waals surface area contributed by atoms with Crippen LogP contribution < -0.4 is 0 Å². The number of hydrogen-bond acceptors (Lipinski definition) is 3. The Bertz CT molecular complexity index is 646. The van der Waals surface area contributed by atoms with Gasteiger partial charge in [0.25, 0.3) is 0 Å². The Morgan fingerprint density at radius 3 is 2.45 bits per heavy atom. The first-order chi connectivity index (χ1) is 14.6. The summed E-state index contributed by atoms with van der Waals surface area (Å²) in [6.07, 6.45) is 12.1. The smallest absolute Gasteiger partial charge is 0.306 e. The highest BCUT2D eigenvalue weighted by molar-refractivity contribution is 14.1. The van der Waals surface area contributed by atoms with Crippen LogP contribution in [0.2, 0.25) is 0 Å². The minimum Gasteiger partial charge on any atom is -0.459 e. The van der Waals surface area contributed by atoms with Gasteiger partial charge in [0.2, 0.25) is 0 Å². The Hall–Kier alpha value is -0.130. The van der Waals surface area contributed by atoms with Gasteiger partial charge < -0.3 is 4.74 Å². The molecule has 0 spiro atoms. The third kappa shape index (κ3) is 5.51. The number of carbonyl (C=O) groups is 2. The summed E-state index contributed by atoms with van der Waals surface area (Å²) >= 11 is 2.20. The number of carbonyl (C=O) groups excluding carboxylic acids is 2. The number of halogens is 1. The van der Waals surface area contributed by atoms with Crippen LogP contribution in [0.25, 0.3) is 0 Å². The van der Waals surface area contributed by atoms with Gasteiger partial charge in [0, 0.05) is 18.8 Å². The molecule has 0 aromatic rings. The third-order valence-corrected chi connectivity index (χ3v) is 10.4. The fourth-order valence-corrected chi connectivity index (χ4v) is 8.22. The molecule has 4 heteroatoms. The molecule has 1 saturated heterocycles. The van der Waals surface area contributed by atoms with Crippen molar-refractivity contribution in [2.75, 3.05) is 4.43 Å². The minimum absolute atomic E-state index is 0.0269. The molecule has 2 aliphatic carbocycles. The lowest BCUT2D eigenvalue weighted by Gasteiger charge is -2.53. The van der Waals surface area contributed by atoms with Gasteiger partial charge in [0.05, 0.1) is 4.43 Å². The largest absolute Gasteiger partial charge is 0.459 e. The van der Waals surface area contributed by atoms with E-state index in [0.717, 1.165) is 37.0 Å². The molecule has 0 amide bonds. The fraction of sp³-hybridized carbons (Fsp3) is 0.926. The Labute approximate surface area is 204 Å². The lowest BCUT2D eigenvalue weighted by molar-refractivity contribution is -0.159. The van der Waals surface area contributed by atoms with E-state index >= 15 is 0 Å². The highest BCUT2D eigenvalue weighted by atomic mass is 127. The standard InChI is InChI=1S/C27H45IO3/c1-18(2)7-6-8-19(3)22-11-12-23-21(10-9-20(29)17-28)24(13-15-26(22,23)4)27(5)16-14-25(30)31-27/h18-19,21-24H,6-17H2,1-5H3/t19-,21+,22-,23+,24+,26-,27?/m1/s1. The molecule has 3 rings (SSSR count). The van der Waals surface area contributed by atoms with Crippen molar-refractivity contribution in [2.45, 2.75) is 111 Å². The molecule has 0 N–H and O–H groups in total. The van der Waals surface area contributed by atoms with Gasteiger partial charge in [-0.2, -0.15) is 0 Å². The molecule has 1 heterocycles. The number of ketones is 1. The molecule has 7 atom stereocenters. The van der Waals surface area contributed by atoms with E-state index in [9.17, 15) is 9.59 Å². The van der Waals surface area contributed by atoms with Crippen LogP contribution in [0.3, 0.4) is 0 Å². The van der Waals surface area contributed by atoms with E-state index in [1.54, 1.807) is 0 Å². The first-order valence-electron chi connectivity index (χ1n) is 12.9. The van der Waals surface area contributed by atoms with Crippen LogP contribution in [-0.2, 0) is 14.3 Å². The highest BCUT2D eigenvalue weighted by Crippen LogP contribution is 2.64. The van der Waals surface area contributed by atoms with E-state index in [1.807, 2.05) is 0 Å². The molecule has 3 nitrogen and oxygen atoms in total. The molecule has 0 aromatic heterocycles. The molecule has 0 bridgehead atoms. The summed E-state index contributed by atoms with van der Waals surface area (Å²) in [7, 11) is 0. The first kappa shape index (κ1) is 25.5. The maximum absolute atomic E-state index is 12.2. The van der Waals surface area contributed by atoms with Crippen molar-refractivity contribution >= 4 is 34.3 Å². The van der Waals surface area contributed by atoms with Gasteiger partial charge >= 0.3 is 5.97 Å². The van der Waals surface area contributed by atoms with Crippen LogP contribution in [0.15, 0.2) is 0 Å². The van der Waals surface area contributed by atoms with Crippen LogP contribution in [-0.4, -0.2) is 21.8 Å². The minimum atomic E-state index is -0.322. The third-order valence-electron chi connectivity index (χ3n) is 9.50. The molecule has 31 heavy (non-hydrogen) atoms. The first-order valence-corrected chi connectivity index (χ1v) is 14.4. The Kier molecular flexibility index (Phi) is 8.57. The number of cyclic esters (lactones) is 1. The molecule has 3 aliphatic rings. The lowest BCUT2D eigenvalue weighted by atomic mass is 9.53. The van der Waals surface area contributed by atoms with Gasteiger partial charge in [-0.15, -0.1) is 0 Å². The van der Waals surface area contributed by atoms with Gasteiger partial charge in [-0.1, -0.05) is 69.5 Å². The SMILES string of the molecule is CC(C)CCC[C@@H](C)[C@H]1CC[C@H]2[C@H](CCC(=O)CI)[C@@H](C3(C)CCC(=O)O3)CC[C@]12C. The van der Waals surface area contributed by atoms with E-state index in [2.05, 4.69) is 57.2 Å². The van der Waals surface area contributed by atoms with Crippen molar-refractivity contribution in [3.8, 4) is 0 Å². The number of hydrogen-bond donors (Lipinski definition) is 0. The quantitative estimate of drug-likeness (QED) is 0.164. The fourth-order valence-electron chi connectivity index (χ4n) is 7.84. The van der Waals surface area contributed by atoms with Crippen LogP contribution in [0.4, 0.5) is 0 Å². The van der Waals surface area contributed by atoms with Crippen molar-refractivity contribution in [3.63, 3.8) is 0 Å². The van der Waals surface area contributed by atoms with Crippen molar-refractivity contribution in [1.82, 2.24) is 0 Å². The maximum atomic E-state index is 12.2. The van der Waals surface area contributed by atoms with E-state index in [-0.39, 0.29) is 11.6 Å². The number of fused-ring (bicyclic) bond motifs is 1. The van der Waals surface area contributed by atoms with Crippen LogP contribution in [0.1, 0.15) is 105 Å². The topological polar surface area (TPSA) is 43.4 Å². The number of alkyl halides is 1. The van der Waals surface area contributed by atoms with E-state index in [0.29, 0.717) is 46.2 Å². The zero-order valence-electron chi connectivity index (χ0n) is 20.6. The molecule has 2 saturated carbocycles. The summed E-state index contributed by atoms with van der Waals surface area (Å²) < 4.78 is 6.57. The predicted molar refractivity (Wildman–Crippen MR) is 135 cm³/mol. The van der Waals surface area contributed by atoms with E-state index in [1.165, 1.54) is 38.5 Å². The van der Waals surface area contributed by atoms with E-state index < -0.39 is 0 Å². The zero-order chi connectivity index (χ0) is 22.8. The number of Topliss-reactive ketones (excluding diaryl/α,β-unsaturated/α-hetero) is 1. The predicted octanol–water partition coefficient (Wildman–Crippen LogP) is 7.39. The lowest BCUT2D eigenvalue weighted by Crippen LogP contribution is -2.50. The Morgan fingerprint density at radius 1 is 1.10 bits per heavy atom. The molecular weight excluding hydrogens is 499 g/mol. The molecular formula is C27H45IO3. The van der Waals surface area contributed by atoms with Crippen molar-refractivity contribution < 1.29 is 14.3 Å². The normalized spacial score (nSPS) is 38.9. The summed E-state index contributed by atoms with van der Waals surface area (Å²) in [5.41, 5.74) is 0.0577. The van der Waals surface area contributed by atoms with Crippen LogP contribution in [0, 0.1) is 40.9 Å². The molecule has 0 radical (unpaired) electrons. The summed E-state index contributed by atoms with van der Waals surface area (Å²) in [6.45, 7) is 11.9. The summed E-state index contributed by atoms with van der Waals surface area (Å²) in [5.74, 6) is 4.31. The highest BCUT2D eigenvalue weighted by Gasteiger charge is 2.58. The van der Waals surface area contributed by atoms with Crippen molar-refractivity contribution in [3.05, 3.63) is 0 Å². The Morgan fingerprint density at radius 2 is 1.84 bits per heavy atom. The summed E-state index contributed by atoms with van der Waals surface area (Å²) in [4.78, 5) is 24.3. The number of rotatable bonds is 10. The van der Waals surface area contributed by atoms with Crippen LogP contribution >= 0.6 is 22.6 Å². The zero-order valence-corrected chi connectivity index (χ0v) is 22.7. The molecule has 1 unspecified atom stereocenters. The van der Waals surface area contributed by atoms with Crippen LogP contribution in [0.5, 0.6) is 0 Å². The monoisotopic (exact) mass is 544 g/mol. The Balaban J connectivity index is 1.77. The maximum Gasteiger partial charge on any atom is 0.306 e. The number of esters is 1. The molecule has 0 aromatic carbocycles. The van der Waals surface area contributed by atoms with Crippen molar-refractivity contribution in [2.24, 2.45) is 40.9 Å². The second-order valence-corrected chi connectivity index (χ2v) is 12.7. The van der Waals surface area contributed by atoms with Gasteiger partial charge in [-0.3, -0.25) is 9.59 Å². The summed E-state index contributed by atoms with van der Waals surface area (Å²) in [6, 6.07) is 0. The van der Waals surface area contributed by atoms with Gasteiger partial charge in [-0.25, -0.2) is 0 Å². The van der Waals surface area contributed by atoms with Gasteiger partial charge in [0.15, 0.2) is 0 Å². The molecule has 178 valence electrons. The number of ether oxygens (including phenoxy) is 1. The van der Waals surface area contributed by atoms with Gasteiger partial charge in [-0.05, 0) is 80.5 Å². The summed E-state index contributed by atoms with van der Waals surface area (Å²) in [5, 5.41) is 0. The van der Waals surface area contributed by atoms with Crippen molar-refractivity contribution in [1.29, 1.82) is 0 Å². The average molecular weight is 545 g/mol. The second kappa shape index (κ2) is 10.4. The molecule has 3 fully saturated rings. The second-order valence-electron chi connectivity index (χ2n) is 11.9. The van der Waals surface area contributed by atoms with Gasteiger partial charge in [0.1, 0.15) is 11.4 Å².